The molecule has 9 heteroatoms. The molecule has 0 aliphatic rings. The number of nitrogens with zero attached hydrogens (tertiary/aromatic N) is 2. The van der Waals surface area contributed by atoms with Gasteiger partial charge in [0.2, 0.25) is 5.91 Å². The van der Waals surface area contributed by atoms with Crippen LogP contribution < -0.4 is 20.1 Å². The second-order valence-corrected chi connectivity index (χ2v) is 7.52. The molecule has 32 heavy (non-hydrogen) atoms. The van der Waals surface area contributed by atoms with E-state index >= 15 is 0 Å². The lowest BCUT2D eigenvalue weighted by molar-refractivity contribution is -0.127. The maximum atomic E-state index is 11.9. The van der Waals surface area contributed by atoms with E-state index in [2.05, 4.69) is 15.6 Å². The van der Waals surface area contributed by atoms with Crippen molar-refractivity contribution in [3.8, 4) is 11.5 Å². The van der Waals surface area contributed by atoms with Crippen LogP contribution in [0.1, 0.15) is 11.1 Å². The highest BCUT2D eigenvalue weighted by molar-refractivity contribution is 14.0. The van der Waals surface area contributed by atoms with Crippen LogP contribution in [0.5, 0.6) is 11.5 Å². The Hall–Kier alpha value is -2.20. The van der Waals surface area contributed by atoms with E-state index < -0.39 is 0 Å². The van der Waals surface area contributed by atoms with Gasteiger partial charge in [-0.15, -0.1) is 24.0 Å². The minimum atomic E-state index is -0.0607. The Bertz CT molecular complexity index is 876. The van der Waals surface area contributed by atoms with Crippen molar-refractivity contribution >= 4 is 47.4 Å². The van der Waals surface area contributed by atoms with Gasteiger partial charge in [-0.3, -0.25) is 4.79 Å². The zero-order chi connectivity index (χ0) is 22.6. The summed E-state index contributed by atoms with van der Waals surface area (Å²) < 4.78 is 10.4. The van der Waals surface area contributed by atoms with Crippen molar-refractivity contribution < 1.29 is 14.3 Å². The average Bonchev–Trinajstić information content (AvgIpc) is 2.78. The molecular formula is C23H32ClIN4O3. The van der Waals surface area contributed by atoms with E-state index in [9.17, 15) is 4.79 Å². The Morgan fingerprint density at radius 3 is 2.12 bits per heavy atom. The lowest BCUT2D eigenvalue weighted by Gasteiger charge is -2.14. The van der Waals surface area contributed by atoms with E-state index in [4.69, 9.17) is 21.1 Å². The first-order valence-electron chi connectivity index (χ1n) is 10.1. The van der Waals surface area contributed by atoms with Gasteiger partial charge in [0.15, 0.2) is 5.96 Å². The van der Waals surface area contributed by atoms with Crippen molar-refractivity contribution in [1.82, 2.24) is 15.5 Å². The van der Waals surface area contributed by atoms with Crippen LogP contribution in [0.15, 0.2) is 47.5 Å². The van der Waals surface area contributed by atoms with Crippen molar-refractivity contribution in [2.45, 2.75) is 12.8 Å². The van der Waals surface area contributed by atoms with Gasteiger partial charge in [-0.2, -0.15) is 0 Å². The number of hydrogen-bond donors (Lipinski definition) is 2. The summed E-state index contributed by atoms with van der Waals surface area (Å²) in [6, 6.07) is 13.6. The second kappa shape index (κ2) is 14.8. The monoisotopic (exact) mass is 574 g/mol. The third-order valence-corrected chi connectivity index (χ3v) is 5.04. The van der Waals surface area contributed by atoms with Gasteiger partial charge in [-0.25, -0.2) is 4.99 Å². The number of likely N-dealkylation sites (N-methyl/N-ethyl adjacent to an activating group) is 1. The molecule has 0 aliphatic heterocycles. The van der Waals surface area contributed by atoms with E-state index in [1.165, 1.54) is 10.5 Å². The Morgan fingerprint density at radius 1 is 0.969 bits per heavy atom. The van der Waals surface area contributed by atoms with Gasteiger partial charge < -0.3 is 25.0 Å². The minimum Gasteiger partial charge on any atom is -0.497 e. The van der Waals surface area contributed by atoms with Crippen LogP contribution in [0, 0.1) is 0 Å². The molecule has 1 amide bonds. The van der Waals surface area contributed by atoms with Gasteiger partial charge in [0.05, 0.1) is 14.2 Å². The number of methoxy groups -OCH3 is 2. The molecule has 0 spiro atoms. The highest BCUT2D eigenvalue weighted by Gasteiger charge is 2.06. The third-order valence-electron chi connectivity index (χ3n) is 4.68. The van der Waals surface area contributed by atoms with Crippen LogP contribution >= 0.6 is 35.6 Å². The molecule has 2 N–H and O–H groups in total. The number of aliphatic imine (C=N–C) groups is 1. The molecule has 2 aromatic rings. The third kappa shape index (κ3) is 9.52. The molecule has 0 fully saturated rings. The summed E-state index contributed by atoms with van der Waals surface area (Å²) in [5.41, 5.74) is 2.19. The number of rotatable bonds is 10. The number of ether oxygens (including phenoxy) is 2. The predicted octanol–water partition coefficient (Wildman–Crippen LogP) is 3.38. The van der Waals surface area contributed by atoms with Crippen LogP contribution in [0.2, 0.25) is 5.02 Å². The summed E-state index contributed by atoms with van der Waals surface area (Å²) in [6.45, 7) is 1.38. The molecule has 0 saturated heterocycles. The molecule has 0 unspecified atom stereocenters. The van der Waals surface area contributed by atoms with Gasteiger partial charge in [0.25, 0.3) is 0 Å². The maximum absolute atomic E-state index is 11.9. The predicted molar refractivity (Wildman–Crippen MR) is 141 cm³/mol. The van der Waals surface area contributed by atoms with Gasteiger partial charge >= 0.3 is 0 Å². The molecule has 0 heterocycles. The number of benzene rings is 2. The van der Waals surface area contributed by atoms with Crippen molar-refractivity contribution in [2.24, 2.45) is 4.99 Å². The molecule has 0 radical (unpaired) electrons. The van der Waals surface area contributed by atoms with Crippen molar-refractivity contribution in [2.75, 3.05) is 47.9 Å². The fourth-order valence-corrected chi connectivity index (χ4v) is 3.02. The van der Waals surface area contributed by atoms with Crippen LogP contribution in [-0.4, -0.2) is 64.7 Å². The summed E-state index contributed by atoms with van der Waals surface area (Å²) in [5, 5.41) is 7.24. The number of halogens is 2. The van der Waals surface area contributed by atoms with Crippen LogP contribution in [0.25, 0.3) is 0 Å². The van der Waals surface area contributed by atoms with Crippen molar-refractivity contribution in [3.63, 3.8) is 0 Å². The first-order valence-corrected chi connectivity index (χ1v) is 10.5. The number of hydrogen-bond acceptors (Lipinski definition) is 4. The molecule has 0 bridgehead atoms. The Morgan fingerprint density at radius 2 is 1.56 bits per heavy atom. The summed E-state index contributed by atoms with van der Waals surface area (Å²) in [6.07, 6.45) is 1.53. The van der Waals surface area contributed by atoms with E-state index in [1.807, 2.05) is 36.4 Å². The molecule has 0 aromatic heterocycles. The molecule has 0 atom stereocenters. The van der Waals surface area contributed by atoms with Crippen LogP contribution in [0.3, 0.4) is 0 Å². The molecule has 7 nitrogen and oxygen atoms in total. The quantitative estimate of drug-likeness (QED) is 0.259. The Kier molecular flexibility index (Phi) is 12.9. The molecule has 2 rings (SSSR count). The SMILES string of the molecule is COc1ccc(CCNC(=NCC(=O)N(C)C)NCCc2ccc(OC)cc2Cl)cc1.I. The van der Waals surface area contributed by atoms with Gasteiger partial charge in [-0.1, -0.05) is 29.8 Å². The van der Waals surface area contributed by atoms with Crippen LogP contribution in [0.4, 0.5) is 0 Å². The lowest BCUT2D eigenvalue weighted by atomic mass is 10.1. The molecular weight excluding hydrogens is 543 g/mol. The highest BCUT2D eigenvalue weighted by atomic mass is 127. The van der Waals surface area contributed by atoms with E-state index in [-0.39, 0.29) is 36.4 Å². The Labute approximate surface area is 212 Å². The van der Waals surface area contributed by atoms with E-state index in [1.54, 1.807) is 34.4 Å². The normalized spacial score (nSPS) is 10.7. The number of carbonyl (C=O) groups is 1. The maximum Gasteiger partial charge on any atom is 0.243 e. The molecule has 0 aliphatic carbocycles. The second-order valence-electron chi connectivity index (χ2n) is 7.11. The lowest BCUT2D eigenvalue weighted by Crippen LogP contribution is -2.40. The summed E-state index contributed by atoms with van der Waals surface area (Å²) in [4.78, 5) is 17.9. The molecule has 0 saturated carbocycles. The zero-order valence-electron chi connectivity index (χ0n) is 19.0. The number of carbonyl (C=O) groups excluding carboxylic acids is 1. The smallest absolute Gasteiger partial charge is 0.243 e. The highest BCUT2D eigenvalue weighted by Crippen LogP contribution is 2.22. The van der Waals surface area contributed by atoms with Gasteiger partial charge in [0, 0.05) is 32.2 Å². The van der Waals surface area contributed by atoms with Gasteiger partial charge in [0.1, 0.15) is 18.0 Å². The summed E-state index contributed by atoms with van der Waals surface area (Å²) >= 11 is 6.32. The number of guanidine groups is 1. The van der Waals surface area contributed by atoms with Gasteiger partial charge in [-0.05, 0) is 48.2 Å². The average molecular weight is 575 g/mol. The number of nitrogens with one attached hydrogen (secondary N) is 2. The zero-order valence-corrected chi connectivity index (χ0v) is 22.1. The minimum absolute atomic E-state index is 0. The van der Waals surface area contributed by atoms with E-state index in [0.29, 0.717) is 30.5 Å². The topological polar surface area (TPSA) is 75.2 Å². The summed E-state index contributed by atoms with van der Waals surface area (Å²) in [7, 11) is 6.70. The Balaban J connectivity index is 0.00000512. The molecule has 2 aromatic carbocycles. The molecule has 176 valence electrons. The number of amides is 1. The largest absolute Gasteiger partial charge is 0.497 e. The van der Waals surface area contributed by atoms with E-state index in [0.717, 1.165) is 23.5 Å². The summed E-state index contributed by atoms with van der Waals surface area (Å²) in [5.74, 6) is 2.09. The fourth-order valence-electron chi connectivity index (χ4n) is 2.75. The first-order chi connectivity index (χ1) is 14.9. The first kappa shape index (κ1) is 27.8. The van der Waals surface area contributed by atoms with Crippen molar-refractivity contribution in [3.05, 3.63) is 58.6 Å². The fraction of sp³-hybridized carbons (Fsp3) is 0.391. The standard InChI is InChI=1S/C23H31ClN4O3.HI/c1-28(2)22(29)16-27-23(25-13-11-17-5-8-19(30-3)9-6-17)26-14-12-18-7-10-20(31-4)15-21(18)24;/h5-10,15H,11-14,16H2,1-4H3,(H2,25,26,27);1H. The van der Waals surface area contributed by atoms with Crippen LogP contribution in [-0.2, 0) is 17.6 Å². The van der Waals surface area contributed by atoms with Crippen molar-refractivity contribution in [1.29, 1.82) is 0 Å².